The first kappa shape index (κ1) is 29.0. The summed E-state index contributed by atoms with van der Waals surface area (Å²) in [5.74, 6) is 0. The van der Waals surface area contributed by atoms with Crippen LogP contribution in [0.1, 0.15) is 11.1 Å². The summed E-state index contributed by atoms with van der Waals surface area (Å²) in [7, 11) is -3.05. The molecule has 0 aliphatic heterocycles. The van der Waals surface area contributed by atoms with Gasteiger partial charge in [-0.1, -0.05) is 146 Å². The molecule has 0 N–H and O–H groups in total. The quantitative estimate of drug-likeness (QED) is 0.141. The van der Waals surface area contributed by atoms with Crippen molar-refractivity contribution in [1.29, 1.82) is 10.5 Å². The standard InChI is InChI=1S/C44H29N3Si/c45-30-32-27-28-39(36-23-14-26-43(40(36)31-46)47-41-24-12-10-21-37(41)38-22-11-13-25-42(38)47)44(29-32)48(33-15-4-1-5-16-33,34-17-6-2-7-18-34)35-19-8-3-9-20-35/h1-29H. The number of aromatic nitrogens is 1. The van der Waals surface area contributed by atoms with Gasteiger partial charge in [0.15, 0.2) is 8.07 Å². The lowest BCUT2D eigenvalue weighted by Gasteiger charge is -2.36. The lowest BCUT2D eigenvalue weighted by molar-refractivity contribution is 1.17. The number of nitriles is 2. The van der Waals surface area contributed by atoms with Gasteiger partial charge in [-0.15, -0.1) is 0 Å². The minimum atomic E-state index is -3.05. The minimum absolute atomic E-state index is 0.588. The molecule has 4 heteroatoms. The number of nitrogens with zero attached hydrogens (tertiary/aromatic N) is 3. The first-order valence-corrected chi connectivity index (χ1v) is 18.0. The number of hydrogen-bond acceptors (Lipinski definition) is 2. The van der Waals surface area contributed by atoms with Crippen LogP contribution in [0.3, 0.4) is 0 Å². The van der Waals surface area contributed by atoms with Crippen molar-refractivity contribution in [3.8, 4) is 29.0 Å². The van der Waals surface area contributed by atoms with Crippen molar-refractivity contribution in [2.75, 3.05) is 0 Å². The van der Waals surface area contributed by atoms with Crippen molar-refractivity contribution < 1.29 is 0 Å². The Bertz CT molecular complexity index is 2370. The maximum absolute atomic E-state index is 11.0. The van der Waals surface area contributed by atoms with Crippen LogP contribution >= 0.6 is 0 Å². The van der Waals surface area contributed by atoms with Crippen molar-refractivity contribution >= 4 is 50.6 Å². The molecule has 0 aliphatic carbocycles. The zero-order valence-electron chi connectivity index (χ0n) is 26.1. The van der Waals surface area contributed by atoms with Gasteiger partial charge in [0.2, 0.25) is 0 Å². The highest BCUT2D eigenvalue weighted by Gasteiger charge is 2.43. The van der Waals surface area contributed by atoms with Gasteiger partial charge in [-0.3, -0.25) is 0 Å². The van der Waals surface area contributed by atoms with Crippen molar-refractivity contribution in [2.45, 2.75) is 0 Å². The Morgan fingerprint density at radius 1 is 0.438 bits per heavy atom. The van der Waals surface area contributed by atoms with Crippen LogP contribution < -0.4 is 20.7 Å². The third-order valence-corrected chi connectivity index (χ3v) is 14.3. The Hall–Kier alpha value is -6.46. The highest BCUT2D eigenvalue weighted by Crippen LogP contribution is 2.36. The monoisotopic (exact) mass is 627 g/mol. The van der Waals surface area contributed by atoms with E-state index in [4.69, 9.17) is 0 Å². The number of hydrogen-bond donors (Lipinski definition) is 0. The van der Waals surface area contributed by atoms with E-state index < -0.39 is 8.07 Å². The summed E-state index contributed by atoms with van der Waals surface area (Å²) < 4.78 is 2.21. The highest BCUT2D eigenvalue weighted by molar-refractivity contribution is 7.20. The summed E-state index contributed by atoms with van der Waals surface area (Å²) in [6.07, 6.45) is 0. The summed E-state index contributed by atoms with van der Waals surface area (Å²) in [6, 6.07) is 66.0. The van der Waals surface area contributed by atoms with Crippen molar-refractivity contribution in [3.63, 3.8) is 0 Å². The first-order valence-electron chi connectivity index (χ1n) is 16.0. The largest absolute Gasteiger partial charge is 0.308 e. The second-order valence-electron chi connectivity index (χ2n) is 11.9. The Morgan fingerprint density at radius 3 is 1.44 bits per heavy atom. The van der Waals surface area contributed by atoms with Gasteiger partial charge in [-0.25, -0.2) is 0 Å². The van der Waals surface area contributed by atoms with Crippen molar-refractivity contribution in [3.05, 3.63) is 187 Å². The van der Waals surface area contributed by atoms with E-state index in [1.807, 2.05) is 48.5 Å². The van der Waals surface area contributed by atoms with E-state index in [9.17, 15) is 10.5 Å². The van der Waals surface area contributed by atoms with E-state index in [-0.39, 0.29) is 0 Å². The first-order chi connectivity index (χ1) is 23.8. The molecule has 0 spiro atoms. The van der Waals surface area contributed by atoms with Crippen LogP contribution in [0.15, 0.2) is 176 Å². The van der Waals surface area contributed by atoms with Gasteiger partial charge in [-0.2, -0.15) is 10.5 Å². The summed E-state index contributed by atoms with van der Waals surface area (Å²) in [4.78, 5) is 0. The maximum Gasteiger partial charge on any atom is 0.180 e. The average molecular weight is 628 g/mol. The molecule has 8 aromatic rings. The smallest absolute Gasteiger partial charge is 0.180 e. The van der Waals surface area contributed by atoms with Crippen molar-refractivity contribution in [1.82, 2.24) is 4.57 Å². The Morgan fingerprint density at radius 2 is 0.938 bits per heavy atom. The molecule has 0 amide bonds. The molecule has 8 rings (SSSR count). The van der Waals surface area contributed by atoms with E-state index in [1.165, 1.54) is 15.6 Å². The molecule has 0 fully saturated rings. The molecule has 0 radical (unpaired) electrons. The van der Waals surface area contributed by atoms with E-state index >= 15 is 0 Å². The average Bonchev–Trinajstić information content (AvgIpc) is 3.50. The summed E-state index contributed by atoms with van der Waals surface area (Å²) >= 11 is 0. The fourth-order valence-electron chi connectivity index (χ4n) is 7.44. The molecule has 0 aliphatic rings. The van der Waals surface area contributed by atoms with E-state index in [1.54, 1.807) is 0 Å². The highest BCUT2D eigenvalue weighted by atomic mass is 28.3. The van der Waals surface area contributed by atoms with Gasteiger partial charge in [-0.05, 0) is 56.6 Å². The van der Waals surface area contributed by atoms with Crippen molar-refractivity contribution in [2.24, 2.45) is 0 Å². The molecule has 1 aromatic heterocycles. The van der Waals surface area contributed by atoms with Gasteiger partial charge < -0.3 is 4.57 Å². The molecule has 0 saturated carbocycles. The van der Waals surface area contributed by atoms with E-state index in [2.05, 4.69) is 144 Å². The van der Waals surface area contributed by atoms with Crippen LogP contribution in [-0.4, -0.2) is 12.6 Å². The lowest BCUT2D eigenvalue weighted by atomic mass is 9.97. The van der Waals surface area contributed by atoms with Crippen LogP contribution in [0, 0.1) is 22.7 Å². The van der Waals surface area contributed by atoms with Crippen LogP contribution in [0.2, 0.25) is 0 Å². The van der Waals surface area contributed by atoms with Gasteiger partial charge in [0.05, 0.1) is 33.9 Å². The van der Waals surface area contributed by atoms with Gasteiger partial charge >= 0.3 is 0 Å². The summed E-state index contributed by atoms with van der Waals surface area (Å²) in [5, 5.41) is 28.3. The molecule has 3 nitrogen and oxygen atoms in total. The zero-order valence-corrected chi connectivity index (χ0v) is 27.1. The molecule has 0 unspecified atom stereocenters. The van der Waals surface area contributed by atoms with Gasteiger partial charge in [0.1, 0.15) is 6.07 Å². The van der Waals surface area contributed by atoms with Crippen LogP contribution in [0.5, 0.6) is 0 Å². The number of para-hydroxylation sites is 2. The fourth-order valence-corrected chi connectivity index (χ4v) is 12.4. The van der Waals surface area contributed by atoms with E-state index in [0.717, 1.165) is 43.8 Å². The molecule has 1 heterocycles. The van der Waals surface area contributed by atoms with Crippen LogP contribution in [0.4, 0.5) is 0 Å². The zero-order chi connectivity index (χ0) is 32.5. The molecule has 0 saturated heterocycles. The third-order valence-electron chi connectivity index (χ3n) is 9.44. The molecule has 0 atom stereocenters. The Balaban J connectivity index is 1.50. The minimum Gasteiger partial charge on any atom is -0.308 e. The number of rotatable bonds is 6. The number of benzene rings is 7. The predicted octanol–water partition coefficient (Wildman–Crippen LogP) is 7.57. The predicted molar refractivity (Wildman–Crippen MR) is 199 cm³/mol. The van der Waals surface area contributed by atoms with Crippen LogP contribution in [0.25, 0.3) is 38.6 Å². The molecule has 7 aromatic carbocycles. The molecular formula is C44H29N3Si. The summed E-state index contributed by atoms with van der Waals surface area (Å²) in [5.41, 5.74) is 5.90. The molecule has 48 heavy (non-hydrogen) atoms. The maximum atomic E-state index is 11.0. The fraction of sp³-hybridized carbons (Fsp3) is 0. The number of fused-ring (bicyclic) bond motifs is 3. The molecule has 224 valence electrons. The SMILES string of the molecule is N#Cc1ccc(-c2cccc(-n3c4ccccc4c4ccccc43)c2C#N)c([Si](c2ccccc2)(c2ccccc2)c2ccccc2)c1. The van der Waals surface area contributed by atoms with E-state index in [0.29, 0.717) is 11.1 Å². The second-order valence-corrected chi connectivity index (χ2v) is 15.7. The topological polar surface area (TPSA) is 52.5 Å². The molecule has 0 bridgehead atoms. The molecular weight excluding hydrogens is 599 g/mol. The van der Waals surface area contributed by atoms with Gasteiger partial charge in [0, 0.05) is 16.3 Å². The lowest BCUT2D eigenvalue weighted by Crippen LogP contribution is -2.75. The summed E-state index contributed by atoms with van der Waals surface area (Å²) in [6.45, 7) is 0. The normalized spacial score (nSPS) is 11.3. The second kappa shape index (κ2) is 12.0. The Labute approximate surface area is 280 Å². The van der Waals surface area contributed by atoms with Crippen LogP contribution in [-0.2, 0) is 0 Å². The third kappa shape index (κ3) is 4.48. The van der Waals surface area contributed by atoms with Gasteiger partial charge in [0.25, 0.3) is 0 Å². The Kier molecular flexibility index (Phi) is 7.27.